The predicted octanol–water partition coefficient (Wildman–Crippen LogP) is 13.6. The first-order valence-corrected chi connectivity index (χ1v) is 25.1. The molecule has 0 radical (unpaired) electrons. The zero-order chi connectivity index (χ0) is 42.3. The summed E-state index contributed by atoms with van der Waals surface area (Å²) in [6.45, 7) is 6.13. The van der Waals surface area contributed by atoms with Gasteiger partial charge >= 0.3 is 0 Å². The smallest absolute Gasteiger partial charge is 0.296 e. The van der Waals surface area contributed by atoms with E-state index in [1.54, 1.807) is 48.5 Å². The van der Waals surface area contributed by atoms with Crippen molar-refractivity contribution in [3.63, 3.8) is 0 Å². The van der Waals surface area contributed by atoms with E-state index in [9.17, 15) is 16.8 Å². The maximum Gasteiger partial charge on any atom is 0.296 e. The lowest BCUT2D eigenvalue weighted by Gasteiger charge is -2.07. The molecule has 59 heavy (non-hydrogen) atoms. The molecule has 0 fully saturated rings. The average Bonchev–Trinajstić information content (AvgIpc) is 3.24. The van der Waals surface area contributed by atoms with E-state index in [2.05, 4.69) is 48.5 Å². The van der Waals surface area contributed by atoms with E-state index in [0.717, 1.165) is 75.7 Å². The third-order valence-electron chi connectivity index (χ3n) is 10.3. The molecule has 0 N–H and O–H groups in total. The van der Waals surface area contributed by atoms with Crippen LogP contribution in [-0.4, -0.2) is 43.3 Å². The fraction of sp³-hybridized carbons (Fsp3) is 0.520. The van der Waals surface area contributed by atoms with E-state index in [-0.39, 0.29) is 23.0 Å². The first kappa shape index (κ1) is 50.0. The van der Waals surface area contributed by atoms with Gasteiger partial charge in [-0.15, -0.1) is 0 Å². The molecule has 0 unspecified atom stereocenters. The van der Waals surface area contributed by atoms with Crippen LogP contribution in [-0.2, 0) is 33.3 Å². The molecule has 4 aromatic carbocycles. The maximum atomic E-state index is 12.2. The molecule has 4 aromatic rings. The van der Waals surface area contributed by atoms with Gasteiger partial charge in [-0.25, -0.2) is 0 Å². The molecule has 0 aliphatic heterocycles. The average molecular weight is 849 g/mol. The second-order valence-electron chi connectivity index (χ2n) is 15.6. The van der Waals surface area contributed by atoms with Crippen LogP contribution in [0.4, 0.5) is 0 Å². The molecule has 0 atom stereocenters. The number of rotatable bonds is 31. The van der Waals surface area contributed by atoms with Gasteiger partial charge in [0.15, 0.2) is 0 Å². The van der Waals surface area contributed by atoms with Crippen LogP contribution in [0, 0.1) is 13.8 Å². The fourth-order valence-corrected chi connectivity index (χ4v) is 8.57. The van der Waals surface area contributed by atoms with Crippen LogP contribution in [0.1, 0.15) is 140 Å². The van der Waals surface area contributed by atoms with Gasteiger partial charge in [0.1, 0.15) is 0 Å². The van der Waals surface area contributed by atoms with Gasteiger partial charge in [0.2, 0.25) is 0 Å². The Morgan fingerprint density at radius 2 is 0.576 bits per heavy atom. The van der Waals surface area contributed by atoms with Gasteiger partial charge in [0, 0.05) is 13.2 Å². The molecule has 0 aromatic heterocycles. The molecule has 0 saturated heterocycles. The van der Waals surface area contributed by atoms with Crippen LogP contribution in [0.3, 0.4) is 0 Å². The van der Waals surface area contributed by atoms with Gasteiger partial charge in [0.05, 0.1) is 23.0 Å². The molecule has 326 valence electrons. The number of hydrogen-bond acceptors (Lipinski definition) is 7. The van der Waals surface area contributed by atoms with Crippen LogP contribution in [0.2, 0.25) is 0 Å². The van der Waals surface area contributed by atoms with Crippen molar-refractivity contribution in [2.75, 3.05) is 26.4 Å². The summed E-state index contributed by atoms with van der Waals surface area (Å²) in [5.74, 6) is 0. The molecular formula is C50H72O7S2. The van der Waals surface area contributed by atoms with Crippen LogP contribution < -0.4 is 0 Å². The Hall–Kier alpha value is -3.34. The molecular weight excluding hydrogens is 777 g/mol. The molecule has 9 heteroatoms. The largest absolute Gasteiger partial charge is 0.381 e. The second-order valence-corrected chi connectivity index (χ2v) is 18.8. The Balaban J connectivity index is 0.000000652. The van der Waals surface area contributed by atoms with Crippen LogP contribution >= 0.6 is 0 Å². The lowest BCUT2D eigenvalue weighted by molar-refractivity contribution is 0.125. The van der Waals surface area contributed by atoms with Crippen LogP contribution in [0.25, 0.3) is 11.1 Å². The van der Waals surface area contributed by atoms with Crippen molar-refractivity contribution in [3.8, 4) is 11.1 Å². The summed E-state index contributed by atoms with van der Waals surface area (Å²) in [6, 6.07) is 34.3. The molecule has 4 rings (SSSR count). The van der Waals surface area contributed by atoms with Crippen molar-refractivity contribution in [2.24, 2.45) is 0 Å². The minimum atomic E-state index is -3.64. The van der Waals surface area contributed by atoms with Crippen molar-refractivity contribution in [1.82, 2.24) is 0 Å². The number of hydrogen-bond donors (Lipinski definition) is 0. The molecule has 7 nitrogen and oxygen atoms in total. The monoisotopic (exact) mass is 848 g/mol. The van der Waals surface area contributed by atoms with E-state index >= 15 is 0 Å². The van der Waals surface area contributed by atoms with E-state index < -0.39 is 20.2 Å². The van der Waals surface area contributed by atoms with Crippen molar-refractivity contribution in [1.29, 1.82) is 0 Å². The lowest BCUT2D eigenvalue weighted by atomic mass is 10.1. The maximum absolute atomic E-state index is 12.2. The third-order valence-corrected chi connectivity index (χ3v) is 13.0. The first-order chi connectivity index (χ1) is 28.7. The lowest BCUT2D eigenvalue weighted by Crippen LogP contribution is -2.07. The zero-order valence-corrected chi connectivity index (χ0v) is 37.7. The van der Waals surface area contributed by atoms with Crippen molar-refractivity contribution >= 4 is 20.2 Å². The van der Waals surface area contributed by atoms with Crippen molar-refractivity contribution < 1.29 is 29.9 Å². The summed E-state index contributed by atoms with van der Waals surface area (Å²) in [5.41, 5.74) is 4.61. The standard InChI is InChI=1S/C38H62O7S2.C12H10/c1-35-23-27-37(28-24-35)46(39,40)44-33-21-17-13-9-5-3-7-11-15-19-31-43-32-20-16-12-8-4-6-10-14-18-22-34-45-47(41,42)38-29-25-36(2)26-30-38;1-3-7-11(8-4-1)12-9-5-2-6-10-12/h23-30H,3-22,31-34H2,1-2H3;1-10H. The van der Waals surface area contributed by atoms with Crippen molar-refractivity contribution in [3.05, 3.63) is 120 Å². The van der Waals surface area contributed by atoms with Gasteiger partial charge < -0.3 is 4.74 Å². The van der Waals surface area contributed by atoms with E-state index in [1.165, 1.54) is 88.2 Å². The molecule has 0 heterocycles. The Labute approximate surface area is 358 Å². The summed E-state index contributed by atoms with van der Waals surface area (Å²) in [6.07, 6.45) is 23.2. The number of unbranched alkanes of at least 4 members (excludes halogenated alkanes) is 18. The summed E-state index contributed by atoms with van der Waals surface area (Å²) in [7, 11) is -7.27. The van der Waals surface area contributed by atoms with Crippen LogP contribution in [0.15, 0.2) is 119 Å². The highest BCUT2D eigenvalue weighted by Gasteiger charge is 2.15. The quantitative estimate of drug-likeness (QED) is 0.0367. The number of aryl methyl sites for hydroxylation is 2. The summed E-state index contributed by atoms with van der Waals surface area (Å²) in [5, 5.41) is 0. The molecule has 0 aliphatic rings. The van der Waals surface area contributed by atoms with Gasteiger partial charge in [-0.2, -0.15) is 16.8 Å². The highest BCUT2D eigenvalue weighted by atomic mass is 32.2. The molecule has 0 amide bonds. The molecule has 0 saturated carbocycles. The van der Waals surface area contributed by atoms with Gasteiger partial charge in [-0.05, 0) is 74.9 Å². The summed E-state index contributed by atoms with van der Waals surface area (Å²) < 4.78 is 64.9. The Morgan fingerprint density at radius 1 is 0.322 bits per heavy atom. The van der Waals surface area contributed by atoms with Crippen LogP contribution in [0.5, 0.6) is 0 Å². The molecule has 0 aliphatic carbocycles. The van der Waals surface area contributed by atoms with E-state index in [1.807, 2.05) is 26.0 Å². The topological polar surface area (TPSA) is 96.0 Å². The Morgan fingerprint density at radius 3 is 0.864 bits per heavy atom. The molecule has 0 bridgehead atoms. The minimum Gasteiger partial charge on any atom is -0.381 e. The number of ether oxygens (including phenoxy) is 1. The normalized spacial score (nSPS) is 11.6. The van der Waals surface area contributed by atoms with Gasteiger partial charge in [-0.1, -0.05) is 199 Å². The predicted molar refractivity (Wildman–Crippen MR) is 244 cm³/mol. The van der Waals surface area contributed by atoms with E-state index in [4.69, 9.17) is 13.1 Å². The SMILES string of the molecule is Cc1ccc(S(=O)(=O)OCCCCCCCCCCCCOCCCCCCCCCCCCOS(=O)(=O)c2ccc(C)cc2)cc1.c1ccc(-c2ccccc2)cc1. The highest BCUT2D eigenvalue weighted by molar-refractivity contribution is 7.87. The zero-order valence-electron chi connectivity index (χ0n) is 36.0. The number of benzene rings is 4. The highest BCUT2D eigenvalue weighted by Crippen LogP contribution is 2.19. The summed E-state index contributed by atoms with van der Waals surface area (Å²) >= 11 is 0. The van der Waals surface area contributed by atoms with Gasteiger partial charge in [-0.3, -0.25) is 8.37 Å². The van der Waals surface area contributed by atoms with Gasteiger partial charge in [0.25, 0.3) is 20.2 Å². The Bertz CT molecular complexity index is 1690. The summed E-state index contributed by atoms with van der Waals surface area (Å²) in [4.78, 5) is 0.462. The third kappa shape index (κ3) is 23.3. The Kier molecular flexibility index (Phi) is 26.0. The fourth-order valence-electron chi connectivity index (χ4n) is 6.69. The van der Waals surface area contributed by atoms with E-state index in [0.29, 0.717) is 0 Å². The molecule has 0 spiro atoms. The second kappa shape index (κ2) is 30.6. The first-order valence-electron chi connectivity index (χ1n) is 22.3. The van der Waals surface area contributed by atoms with Crippen molar-refractivity contribution in [2.45, 2.75) is 152 Å². The minimum absolute atomic E-state index is 0.231.